The van der Waals surface area contributed by atoms with Gasteiger partial charge in [-0.25, -0.2) is 14.2 Å². The van der Waals surface area contributed by atoms with Crippen molar-refractivity contribution in [1.29, 1.82) is 0 Å². The number of nitrogen functional groups attached to an aromatic ring is 2. The molecule has 0 amide bonds. The molecule has 2 heterocycles. The fourth-order valence-electron chi connectivity index (χ4n) is 3.26. The van der Waals surface area contributed by atoms with Gasteiger partial charge in [-0.2, -0.15) is 18.2 Å². The first-order chi connectivity index (χ1) is 14.9. The van der Waals surface area contributed by atoms with Crippen LogP contribution in [0.4, 0.5) is 29.3 Å². The van der Waals surface area contributed by atoms with Crippen molar-refractivity contribution in [2.75, 3.05) is 18.6 Å². The molecule has 168 valence electrons. The number of carbonyl (C=O) groups is 1. The maximum absolute atomic E-state index is 13.9. The molecule has 0 radical (unpaired) electrons. The van der Waals surface area contributed by atoms with E-state index in [4.69, 9.17) is 26.1 Å². The summed E-state index contributed by atoms with van der Waals surface area (Å²) in [6, 6.07) is 8.18. The molecule has 0 bridgehead atoms. The third-order valence-electron chi connectivity index (χ3n) is 4.55. The van der Waals surface area contributed by atoms with Gasteiger partial charge in [0.1, 0.15) is 17.4 Å². The molecule has 8 nitrogen and oxygen atoms in total. The lowest BCUT2D eigenvalue weighted by Crippen LogP contribution is -2.21. The SMILES string of the molecule is COc1ccc(F)cc1-c1cc2nc(N)nc(N)c2c2ccn(C)c12.O=C(O)C(F)(F)F. The summed E-state index contributed by atoms with van der Waals surface area (Å²) in [7, 11) is 3.47. The maximum atomic E-state index is 13.9. The molecule has 0 spiro atoms. The van der Waals surface area contributed by atoms with Gasteiger partial charge >= 0.3 is 12.1 Å². The molecule has 0 saturated heterocycles. The Labute approximate surface area is 178 Å². The van der Waals surface area contributed by atoms with E-state index < -0.39 is 12.1 Å². The predicted octanol–water partition coefficient (Wildman–Crippen LogP) is 3.73. The molecule has 0 unspecified atom stereocenters. The first-order valence-electron chi connectivity index (χ1n) is 8.88. The number of benzene rings is 2. The molecular formula is C20H17F4N5O3. The van der Waals surface area contributed by atoms with Crippen LogP contribution in [-0.2, 0) is 11.8 Å². The van der Waals surface area contributed by atoms with E-state index in [0.29, 0.717) is 22.6 Å². The summed E-state index contributed by atoms with van der Waals surface area (Å²) in [5.41, 5.74) is 14.7. The summed E-state index contributed by atoms with van der Waals surface area (Å²) in [5, 5.41) is 8.72. The average Bonchev–Trinajstić information content (AvgIpc) is 3.08. The largest absolute Gasteiger partial charge is 0.496 e. The van der Waals surface area contributed by atoms with E-state index in [1.165, 1.54) is 12.1 Å². The highest BCUT2D eigenvalue weighted by atomic mass is 19.4. The molecule has 0 saturated carbocycles. The van der Waals surface area contributed by atoms with E-state index in [1.54, 1.807) is 13.2 Å². The van der Waals surface area contributed by atoms with Gasteiger partial charge in [-0.15, -0.1) is 0 Å². The summed E-state index contributed by atoms with van der Waals surface area (Å²) in [4.78, 5) is 17.3. The van der Waals surface area contributed by atoms with Crippen molar-refractivity contribution in [3.63, 3.8) is 0 Å². The second-order valence-corrected chi connectivity index (χ2v) is 6.62. The summed E-state index contributed by atoms with van der Waals surface area (Å²) in [5.74, 6) is -2.13. The zero-order valence-corrected chi connectivity index (χ0v) is 16.7. The van der Waals surface area contributed by atoms with Crippen LogP contribution in [0.25, 0.3) is 32.9 Å². The number of aryl methyl sites for hydroxylation is 1. The quantitative estimate of drug-likeness (QED) is 0.396. The number of anilines is 2. The van der Waals surface area contributed by atoms with E-state index in [-0.39, 0.29) is 11.8 Å². The molecule has 5 N–H and O–H groups in total. The number of nitrogens with two attached hydrogens (primary N) is 2. The molecule has 4 rings (SSSR count). The summed E-state index contributed by atoms with van der Waals surface area (Å²) >= 11 is 0. The molecule has 2 aromatic heterocycles. The minimum absolute atomic E-state index is 0.0949. The molecule has 0 fully saturated rings. The Morgan fingerprint density at radius 1 is 1.12 bits per heavy atom. The number of hydrogen-bond donors (Lipinski definition) is 3. The van der Waals surface area contributed by atoms with Gasteiger partial charge in [-0.1, -0.05) is 0 Å². The smallest absolute Gasteiger partial charge is 0.490 e. The lowest BCUT2D eigenvalue weighted by Gasteiger charge is -2.14. The Bertz CT molecular complexity index is 1330. The second kappa shape index (κ2) is 8.21. The van der Waals surface area contributed by atoms with Gasteiger partial charge in [0.05, 0.1) is 23.5 Å². The number of ether oxygens (including phenoxy) is 1. The second-order valence-electron chi connectivity index (χ2n) is 6.62. The fraction of sp³-hybridized carbons (Fsp3) is 0.150. The van der Waals surface area contributed by atoms with Gasteiger partial charge in [0, 0.05) is 29.8 Å². The van der Waals surface area contributed by atoms with Crippen LogP contribution < -0.4 is 16.2 Å². The van der Waals surface area contributed by atoms with Gasteiger partial charge < -0.3 is 25.9 Å². The molecule has 12 heteroatoms. The summed E-state index contributed by atoms with van der Waals surface area (Å²) in [6.07, 6.45) is -3.17. The number of nitrogens with zero attached hydrogens (tertiary/aromatic N) is 3. The summed E-state index contributed by atoms with van der Waals surface area (Å²) in [6.45, 7) is 0. The third-order valence-corrected chi connectivity index (χ3v) is 4.55. The highest BCUT2D eigenvalue weighted by Gasteiger charge is 2.38. The van der Waals surface area contributed by atoms with Crippen molar-refractivity contribution in [2.24, 2.45) is 7.05 Å². The third kappa shape index (κ3) is 4.19. The van der Waals surface area contributed by atoms with Crippen LogP contribution in [0.3, 0.4) is 0 Å². The van der Waals surface area contributed by atoms with Crippen LogP contribution >= 0.6 is 0 Å². The van der Waals surface area contributed by atoms with Crippen LogP contribution in [0.1, 0.15) is 0 Å². The van der Waals surface area contributed by atoms with Crippen molar-refractivity contribution < 1.29 is 32.2 Å². The number of aromatic nitrogens is 3. The molecule has 0 aliphatic rings. The van der Waals surface area contributed by atoms with Crippen molar-refractivity contribution in [3.05, 3.63) is 42.3 Å². The Morgan fingerprint density at radius 2 is 1.78 bits per heavy atom. The first kappa shape index (κ1) is 22.6. The van der Waals surface area contributed by atoms with Crippen LogP contribution in [0.15, 0.2) is 36.5 Å². The highest BCUT2D eigenvalue weighted by molar-refractivity contribution is 6.15. The number of alkyl halides is 3. The van der Waals surface area contributed by atoms with E-state index in [2.05, 4.69) is 9.97 Å². The number of halogens is 4. The number of fused-ring (bicyclic) bond motifs is 3. The molecular weight excluding hydrogens is 434 g/mol. The number of hydrogen-bond acceptors (Lipinski definition) is 6. The Morgan fingerprint density at radius 3 is 2.38 bits per heavy atom. The Kier molecular flexibility index (Phi) is 5.80. The summed E-state index contributed by atoms with van der Waals surface area (Å²) < 4.78 is 53.0. The topological polar surface area (TPSA) is 129 Å². The van der Waals surface area contributed by atoms with E-state index in [0.717, 1.165) is 21.9 Å². The number of methoxy groups -OCH3 is 1. The minimum atomic E-state index is -5.08. The van der Waals surface area contributed by atoms with Crippen LogP contribution in [-0.4, -0.2) is 38.9 Å². The van der Waals surface area contributed by atoms with Crippen molar-refractivity contribution >= 4 is 39.5 Å². The highest BCUT2D eigenvalue weighted by Crippen LogP contribution is 2.40. The molecule has 0 aliphatic carbocycles. The lowest BCUT2D eigenvalue weighted by molar-refractivity contribution is -0.192. The van der Waals surface area contributed by atoms with Crippen LogP contribution in [0.5, 0.6) is 5.75 Å². The predicted molar refractivity (Wildman–Crippen MR) is 110 cm³/mol. The zero-order valence-electron chi connectivity index (χ0n) is 16.7. The molecule has 32 heavy (non-hydrogen) atoms. The maximum Gasteiger partial charge on any atom is 0.490 e. The van der Waals surface area contributed by atoms with Gasteiger partial charge in [0.15, 0.2) is 0 Å². The Balaban J connectivity index is 0.000000360. The molecule has 4 aromatic rings. The van der Waals surface area contributed by atoms with Crippen molar-refractivity contribution in [1.82, 2.24) is 14.5 Å². The fourth-order valence-corrected chi connectivity index (χ4v) is 3.26. The molecule has 0 aliphatic heterocycles. The van der Waals surface area contributed by atoms with Crippen molar-refractivity contribution in [2.45, 2.75) is 6.18 Å². The van der Waals surface area contributed by atoms with Gasteiger partial charge in [-0.05, 0) is 30.3 Å². The average molecular weight is 451 g/mol. The molecule has 0 atom stereocenters. The number of carboxylic acids is 1. The van der Waals surface area contributed by atoms with Gasteiger partial charge in [0.25, 0.3) is 0 Å². The van der Waals surface area contributed by atoms with Crippen LogP contribution in [0.2, 0.25) is 0 Å². The van der Waals surface area contributed by atoms with Gasteiger partial charge in [0.2, 0.25) is 5.95 Å². The van der Waals surface area contributed by atoms with E-state index in [1.807, 2.05) is 29.9 Å². The normalized spacial score (nSPS) is 11.3. The van der Waals surface area contributed by atoms with Crippen LogP contribution in [0, 0.1) is 5.82 Å². The standard InChI is InChI=1S/C18H16FN5O.C2HF3O2/c1-24-6-5-10-15-13(22-18(21)23-17(15)20)8-12(16(10)24)11-7-9(19)3-4-14(11)25-2;3-2(4,5)1(6)7/h3-8H,1-2H3,(H4,20,21,22,23);(H,6,7). The van der Waals surface area contributed by atoms with E-state index in [9.17, 15) is 17.6 Å². The minimum Gasteiger partial charge on any atom is -0.496 e. The lowest BCUT2D eigenvalue weighted by atomic mass is 9.99. The number of carboxylic acid groups (broad SMARTS) is 1. The van der Waals surface area contributed by atoms with E-state index >= 15 is 0 Å². The number of rotatable bonds is 2. The van der Waals surface area contributed by atoms with Crippen molar-refractivity contribution in [3.8, 4) is 16.9 Å². The zero-order chi connectivity index (χ0) is 23.8. The van der Waals surface area contributed by atoms with Gasteiger partial charge in [-0.3, -0.25) is 0 Å². The molecule has 2 aromatic carbocycles. The number of aliphatic carboxylic acids is 1. The monoisotopic (exact) mass is 451 g/mol. The first-order valence-corrected chi connectivity index (χ1v) is 8.88. The Hall–Kier alpha value is -4.09.